The fourth-order valence-electron chi connectivity index (χ4n) is 0.713. The fourth-order valence-corrected chi connectivity index (χ4v) is 0.713. The molecule has 0 aliphatic rings. The second-order valence-electron chi connectivity index (χ2n) is 2.22. The maximum Gasteiger partial charge on any atom is 0.325 e. The molecule has 0 radical (unpaired) electrons. The summed E-state index contributed by atoms with van der Waals surface area (Å²) < 4.78 is 4.42. The zero-order valence-electron chi connectivity index (χ0n) is 7.15. The summed E-state index contributed by atoms with van der Waals surface area (Å²) in [5.74, 6) is 0.254. The van der Waals surface area contributed by atoms with Crippen LogP contribution >= 0.6 is 0 Å². The second kappa shape index (κ2) is 4.24. The number of carbonyl (C=O) groups is 1. The highest BCUT2D eigenvalue weighted by Crippen LogP contribution is 2.08. The molecule has 1 heterocycles. The number of nitrogens with one attached hydrogen (secondary N) is 1. The van der Waals surface area contributed by atoms with Crippen molar-refractivity contribution in [3.05, 3.63) is 12.4 Å². The number of hydrogen-bond acceptors (Lipinski definition) is 6. The molecule has 0 bridgehead atoms. The van der Waals surface area contributed by atoms with Crippen LogP contribution in [0.25, 0.3) is 0 Å². The molecule has 0 spiro atoms. The van der Waals surface area contributed by atoms with E-state index in [0.29, 0.717) is 5.82 Å². The Kier molecular flexibility index (Phi) is 3.02. The lowest BCUT2D eigenvalue weighted by Gasteiger charge is -2.04. The van der Waals surface area contributed by atoms with Gasteiger partial charge in [-0.25, -0.2) is 9.97 Å². The number of anilines is 2. The first kappa shape index (κ1) is 9.24. The van der Waals surface area contributed by atoms with Crippen LogP contribution in [-0.2, 0) is 9.53 Å². The van der Waals surface area contributed by atoms with E-state index < -0.39 is 0 Å². The number of rotatable bonds is 3. The lowest BCUT2D eigenvalue weighted by molar-refractivity contribution is -0.138. The minimum atomic E-state index is -0.384. The van der Waals surface area contributed by atoms with Gasteiger partial charge in [-0.3, -0.25) is 4.79 Å². The van der Waals surface area contributed by atoms with E-state index in [2.05, 4.69) is 20.0 Å². The summed E-state index contributed by atoms with van der Waals surface area (Å²) in [4.78, 5) is 18.4. The van der Waals surface area contributed by atoms with Gasteiger partial charge in [0.05, 0.1) is 7.11 Å². The van der Waals surface area contributed by atoms with E-state index in [1.165, 1.54) is 19.5 Å². The van der Waals surface area contributed by atoms with Crippen molar-refractivity contribution in [2.45, 2.75) is 0 Å². The fraction of sp³-hybridized carbons (Fsp3) is 0.286. The summed E-state index contributed by atoms with van der Waals surface area (Å²) in [5, 5.41) is 2.69. The quantitative estimate of drug-likeness (QED) is 0.620. The monoisotopic (exact) mass is 182 g/mol. The number of hydrogen-bond donors (Lipinski definition) is 2. The van der Waals surface area contributed by atoms with Crippen molar-refractivity contribution in [3.63, 3.8) is 0 Å². The number of esters is 1. The SMILES string of the molecule is COC(=O)CNc1nccnc1N. The van der Waals surface area contributed by atoms with Gasteiger partial charge in [0.15, 0.2) is 11.6 Å². The van der Waals surface area contributed by atoms with Crippen molar-refractivity contribution < 1.29 is 9.53 Å². The Bertz CT molecular complexity index is 302. The molecule has 6 heteroatoms. The molecule has 0 amide bonds. The molecule has 0 aliphatic heterocycles. The number of methoxy groups -OCH3 is 1. The second-order valence-corrected chi connectivity index (χ2v) is 2.22. The van der Waals surface area contributed by atoms with Crippen LogP contribution in [0.1, 0.15) is 0 Å². The third-order valence-corrected chi connectivity index (χ3v) is 1.35. The number of aromatic nitrogens is 2. The molecule has 3 N–H and O–H groups in total. The molecule has 0 saturated carbocycles. The number of carbonyl (C=O) groups excluding carboxylic acids is 1. The minimum absolute atomic E-state index is 0.0272. The lowest BCUT2D eigenvalue weighted by atomic mass is 10.5. The Morgan fingerprint density at radius 1 is 1.62 bits per heavy atom. The van der Waals surface area contributed by atoms with E-state index in [9.17, 15) is 4.79 Å². The molecule has 0 atom stereocenters. The summed E-state index contributed by atoms with van der Waals surface area (Å²) in [6.45, 7) is 0.0272. The molecule has 1 aromatic heterocycles. The van der Waals surface area contributed by atoms with Gasteiger partial charge < -0.3 is 15.8 Å². The van der Waals surface area contributed by atoms with Gasteiger partial charge in [-0.05, 0) is 0 Å². The van der Waals surface area contributed by atoms with E-state index in [1.54, 1.807) is 0 Å². The Morgan fingerprint density at radius 3 is 2.92 bits per heavy atom. The summed E-state index contributed by atoms with van der Waals surface area (Å²) in [5.41, 5.74) is 5.46. The number of ether oxygens (including phenoxy) is 1. The summed E-state index contributed by atoms with van der Waals surface area (Å²) in [7, 11) is 1.31. The van der Waals surface area contributed by atoms with E-state index in [0.717, 1.165) is 0 Å². The van der Waals surface area contributed by atoms with Crippen LogP contribution in [0.15, 0.2) is 12.4 Å². The normalized spacial score (nSPS) is 9.31. The van der Waals surface area contributed by atoms with Gasteiger partial charge in [-0.2, -0.15) is 0 Å². The Balaban J connectivity index is 2.54. The van der Waals surface area contributed by atoms with Gasteiger partial charge in [-0.1, -0.05) is 0 Å². The average Bonchev–Trinajstić information content (AvgIpc) is 2.16. The first-order valence-corrected chi connectivity index (χ1v) is 3.61. The smallest absolute Gasteiger partial charge is 0.325 e. The van der Waals surface area contributed by atoms with Gasteiger partial charge in [0.1, 0.15) is 6.54 Å². The van der Waals surface area contributed by atoms with E-state index in [1.807, 2.05) is 0 Å². The molecular weight excluding hydrogens is 172 g/mol. The predicted octanol–water partition coefficient (Wildman–Crippen LogP) is -0.356. The molecule has 0 unspecified atom stereocenters. The Labute approximate surface area is 75.1 Å². The van der Waals surface area contributed by atoms with Crippen LogP contribution in [0.2, 0.25) is 0 Å². The van der Waals surface area contributed by atoms with Crippen LogP contribution in [0.5, 0.6) is 0 Å². The summed E-state index contributed by atoms with van der Waals surface area (Å²) in [6.07, 6.45) is 2.95. The maximum atomic E-state index is 10.7. The number of nitrogens with two attached hydrogens (primary N) is 1. The topological polar surface area (TPSA) is 90.1 Å². The molecule has 0 fully saturated rings. The number of nitrogen functional groups attached to an aromatic ring is 1. The summed E-state index contributed by atoms with van der Waals surface area (Å²) in [6, 6.07) is 0. The molecule has 1 aromatic rings. The van der Waals surface area contributed by atoms with Gasteiger partial charge in [0.25, 0.3) is 0 Å². The van der Waals surface area contributed by atoms with Crippen molar-refractivity contribution in [3.8, 4) is 0 Å². The first-order chi connectivity index (χ1) is 6.24. The molecule has 0 aromatic carbocycles. The predicted molar refractivity (Wildman–Crippen MR) is 47.0 cm³/mol. The largest absolute Gasteiger partial charge is 0.468 e. The van der Waals surface area contributed by atoms with Gasteiger partial charge in [0.2, 0.25) is 0 Å². The van der Waals surface area contributed by atoms with Gasteiger partial charge >= 0.3 is 5.97 Å². The van der Waals surface area contributed by atoms with Gasteiger partial charge in [0, 0.05) is 12.4 Å². The maximum absolute atomic E-state index is 10.7. The summed E-state index contributed by atoms with van der Waals surface area (Å²) >= 11 is 0. The third-order valence-electron chi connectivity index (χ3n) is 1.35. The standard InChI is InChI=1S/C7H10N4O2/c1-13-5(12)4-11-7-6(8)9-2-3-10-7/h2-3H,4H2,1H3,(H2,8,9)(H,10,11). The number of nitrogens with zero attached hydrogens (tertiary/aromatic N) is 2. The van der Waals surface area contributed by atoms with Gasteiger partial charge in [-0.15, -0.1) is 0 Å². The van der Waals surface area contributed by atoms with Crippen LogP contribution in [0, 0.1) is 0 Å². The van der Waals surface area contributed by atoms with E-state index in [4.69, 9.17) is 5.73 Å². The third kappa shape index (κ3) is 2.58. The average molecular weight is 182 g/mol. The van der Waals surface area contributed by atoms with Crippen LogP contribution in [-0.4, -0.2) is 29.6 Å². The zero-order valence-corrected chi connectivity index (χ0v) is 7.15. The molecule has 1 rings (SSSR count). The minimum Gasteiger partial charge on any atom is -0.468 e. The highest BCUT2D eigenvalue weighted by atomic mass is 16.5. The molecule has 13 heavy (non-hydrogen) atoms. The molecule has 0 aliphatic carbocycles. The van der Waals surface area contributed by atoms with E-state index in [-0.39, 0.29) is 18.3 Å². The molecule has 6 nitrogen and oxygen atoms in total. The van der Waals surface area contributed by atoms with Crippen LogP contribution in [0.3, 0.4) is 0 Å². The molecule has 0 saturated heterocycles. The van der Waals surface area contributed by atoms with Crippen molar-refractivity contribution >= 4 is 17.6 Å². The van der Waals surface area contributed by atoms with Crippen molar-refractivity contribution in [1.29, 1.82) is 0 Å². The lowest BCUT2D eigenvalue weighted by Crippen LogP contribution is -2.16. The first-order valence-electron chi connectivity index (χ1n) is 3.61. The highest BCUT2D eigenvalue weighted by Gasteiger charge is 2.03. The van der Waals surface area contributed by atoms with Crippen LogP contribution in [0.4, 0.5) is 11.6 Å². The van der Waals surface area contributed by atoms with Crippen molar-refractivity contribution in [2.75, 3.05) is 24.7 Å². The zero-order chi connectivity index (χ0) is 9.68. The molecule has 70 valence electrons. The Hall–Kier alpha value is -1.85. The Morgan fingerprint density at radius 2 is 2.31 bits per heavy atom. The van der Waals surface area contributed by atoms with Crippen molar-refractivity contribution in [1.82, 2.24) is 9.97 Å². The highest BCUT2D eigenvalue weighted by molar-refractivity contribution is 5.75. The molecular formula is C7H10N4O2. The van der Waals surface area contributed by atoms with Crippen molar-refractivity contribution in [2.24, 2.45) is 0 Å². The van der Waals surface area contributed by atoms with Crippen LogP contribution < -0.4 is 11.1 Å². The van der Waals surface area contributed by atoms with E-state index >= 15 is 0 Å².